The number of anilines is 1. The van der Waals surface area contributed by atoms with E-state index in [0.717, 1.165) is 4.90 Å². The van der Waals surface area contributed by atoms with Crippen molar-refractivity contribution in [1.29, 1.82) is 0 Å². The zero-order valence-electron chi connectivity index (χ0n) is 12.3. The molecule has 1 unspecified atom stereocenters. The van der Waals surface area contributed by atoms with E-state index < -0.39 is 23.8 Å². The van der Waals surface area contributed by atoms with Gasteiger partial charge in [0, 0.05) is 5.69 Å². The van der Waals surface area contributed by atoms with E-state index in [0.29, 0.717) is 12.1 Å². The van der Waals surface area contributed by atoms with E-state index in [1.165, 1.54) is 19.2 Å². The fourth-order valence-electron chi connectivity index (χ4n) is 2.45. The van der Waals surface area contributed by atoms with Crippen LogP contribution in [-0.2, 0) is 9.53 Å². The first kappa shape index (κ1) is 15.0. The Hall–Kier alpha value is -2.37. The average Bonchev–Trinajstić information content (AvgIpc) is 2.67. The molecular formula is C15H18N2O4. The quantitative estimate of drug-likeness (QED) is 0.515. The molecule has 2 amide bonds. The number of imide groups is 1. The number of hydrogen-bond donors (Lipinski definition) is 1. The molecule has 112 valence electrons. The molecule has 0 spiro atoms. The lowest BCUT2D eigenvalue weighted by atomic mass is 10.0. The maximum absolute atomic E-state index is 12.4. The number of amides is 2. The number of carbonyl (C=O) groups excluding carboxylic acids is 3. The summed E-state index contributed by atoms with van der Waals surface area (Å²) in [5.41, 5.74) is 6.56. The Labute approximate surface area is 122 Å². The summed E-state index contributed by atoms with van der Waals surface area (Å²) in [6, 6.07) is 3.61. The van der Waals surface area contributed by atoms with Crippen molar-refractivity contribution in [2.24, 2.45) is 5.92 Å². The first-order valence-corrected chi connectivity index (χ1v) is 6.72. The molecule has 1 aliphatic heterocycles. The molecule has 1 aromatic rings. The molecule has 6 nitrogen and oxygen atoms in total. The molecule has 1 atom stereocenters. The van der Waals surface area contributed by atoms with Crippen molar-refractivity contribution >= 4 is 23.5 Å². The zero-order valence-corrected chi connectivity index (χ0v) is 12.3. The van der Waals surface area contributed by atoms with Gasteiger partial charge in [0.2, 0.25) is 0 Å². The van der Waals surface area contributed by atoms with Crippen LogP contribution in [0, 0.1) is 5.92 Å². The first-order chi connectivity index (χ1) is 9.86. The lowest BCUT2D eigenvalue weighted by Crippen LogP contribution is -2.46. The zero-order chi connectivity index (χ0) is 15.7. The predicted octanol–water partition coefficient (Wildman–Crippen LogP) is 1.45. The standard InChI is InChI=1S/C15H18N2O4/c1-8(2)6-12(15(20)21-3)17-13(18)10-5-4-9(16)7-11(10)14(17)19/h4-5,7-8,12H,6,16H2,1-3H3. The Bertz CT molecular complexity index is 610. The number of carbonyl (C=O) groups is 3. The predicted molar refractivity (Wildman–Crippen MR) is 76.6 cm³/mol. The van der Waals surface area contributed by atoms with Crippen molar-refractivity contribution in [1.82, 2.24) is 4.90 Å². The van der Waals surface area contributed by atoms with Gasteiger partial charge in [-0.15, -0.1) is 0 Å². The van der Waals surface area contributed by atoms with Crippen LogP contribution in [0.3, 0.4) is 0 Å². The van der Waals surface area contributed by atoms with E-state index in [1.807, 2.05) is 13.8 Å². The van der Waals surface area contributed by atoms with Crippen molar-refractivity contribution in [3.8, 4) is 0 Å². The fourth-order valence-corrected chi connectivity index (χ4v) is 2.45. The Morgan fingerprint density at radius 3 is 2.43 bits per heavy atom. The maximum atomic E-state index is 12.4. The molecule has 1 heterocycles. The number of nitrogens with zero attached hydrogens (tertiary/aromatic N) is 1. The molecule has 1 aromatic carbocycles. The van der Waals surface area contributed by atoms with Gasteiger partial charge in [-0.2, -0.15) is 0 Å². The van der Waals surface area contributed by atoms with E-state index >= 15 is 0 Å². The SMILES string of the molecule is COC(=O)C(CC(C)C)N1C(=O)c2ccc(N)cc2C1=O. The van der Waals surface area contributed by atoms with Gasteiger partial charge in [0.05, 0.1) is 18.2 Å². The van der Waals surface area contributed by atoms with E-state index in [2.05, 4.69) is 0 Å². The summed E-state index contributed by atoms with van der Waals surface area (Å²) >= 11 is 0. The van der Waals surface area contributed by atoms with Crippen molar-refractivity contribution in [2.75, 3.05) is 12.8 Å². The molecule has 2 N–H and O–H groups in total. The molecule has 21 heavy (non-hydrogen) atoms. The molecule has 2 rings (SSSR count). The Balaban J connectivity index is 2.42. The van der Waals surface area contributed by atoms with Gasteiger partial charge >= 0.3 is 5.97 Å². The third kappa shape index (κ3) is 2.61. The van der Waals surface area contributed by atoms with Gasteiger partial charge in [0.15, 0.2) is 0 Å². The van der Waals surface area contributed by atoms with Crippen LogP contribution in [0.5, 0.6) is 0 Å². The smallest absolute Gasteiger partial charge is 0.329 e. The van der Waals surface area contributed by atoms with Crippen LogP contribution in [0.15, 0.2) is 18.2 Å². The van der Waals surface area contributed by atoms with Crippen molar-refractivity contribution in [3.63, 3.8) is 0 Å². The highest BCUT2D eigenvalue weighted by Crippen LogP contribution is 2.28. The number of benzene rings is 1. The van der Waals surface area contributed by atoms with Gasteiger partial charge < -0.3 is 10.5 Å². The maximum Gasteiger partial charge on any atom is 0.329 e. The summed E-state index contributed by atoms with van der Waals surface area (Å²) in [7, 11) is 1.24. The van der Waals surface area contributed by atoms with E-state index in [1.54, 1.807) is 6.07 Å². The lowest BCUT2D eigenvalue weighted by molar-refractivity contribution is -0.145. The topological polar surface area (TPSA) is 89.7 Å². The average molecular weight is 290 g/mol. The molecule has 0 radical (unpaired) electrons. The van der Waals surface area contributed by atoms with Crippen LogP contribution >= 0.6 is 0 Å². The summed E-state index contributed by atoms with van der Waals surface area (Å²) in [5.74, 6) is -1.45. The number of hydrogen-bond acceptors (Lipinski definition) is 5. The van der Waals surface area contributed by atoms with Crippen LogP contribution in [0.4, 0.5) is 5.69 Å². The summed E-state index contributed by atoms with van der Waals surface area (Å²) in [4.78, 5) is 37.8. The second-order valence-electron chi connectivity index (χ2n) is 5.45. The molecule has 0 saturated carbocycles. The largest absolute Gasteiger partial charge is 0.467 e. The normalized spacial score (nSPS) is 15.3. The van der Waals surface area contributed by atoms with Crippen LogP contribution in [0.2, 0.25) is 0 Å². The van der Waals surface area contributed by atoms with E-state index in [9.17, 15) is 14.4 Å². The second kappa shape index (κ2) is 5.55. The second-order valence-corrected chi connectivity index (χ2v) is 5.45. The highest BCUT2D eigenvalue weighted by atomic mass is 16.5. The van der Waals surface area contributed by atoms with E-state index in [-0.39, 0.29) is 17.0 Å². The van der Waals surface area contributed by atoms with Crippen molar-refractivity contribution in [3.05, 3.63) is 29.3 Å². The minimum Gasteiger partial charge on any atom is -0.467 e. The first-order valence-electron chi connectivity index (χ1n) is 6.72. The van der Waals surface area contributed by atoms with Crippen molar-refractivity contribution in [2.45, 2.75) is 26.3 Å². The Kier molecular flexibility index (Phi) is 3.97. The summed E-state index contributed by atoms with van der Waals surface area (Å²) in [5, 5.41) is 0. The number of fused-ring (bicyclic) bond motifs is 1. The lowest BCUT2D eigenvalue weighted by Gasteiger charge is -2.25. The molecular weight excluding hydrogens is 272 g/mol. The van der Waals surface area contributed by atoms with E-state index in [4.69, 9.17) is 10.5 Å². The number of methoxy groups -OCH3 is 1. The van der Waals surface area contributed by atoms with Crippen molar-refractivity contribution < 1.29 is 19.1 Å². The number of nitrogens with two attached hydrogens (primary N) is 1. The Morgan fingerprint density at radius 1 is 1.24 bits per heavy atom. The molecule has 0 saturated heterocycles. The molecule has 0 aromatic heterocycles. The summed E-state index contributed by atoms with van der Waals surface area (Å²) in [6.07, 6.45) is 0.355. The highest BCUT2D eigenvalue weighted by Gasteiger charge is 2.43. The molecule has 0 fully saturated rings. The molecule has 0 bridgehead atoms. The minimum absolute atomic E-state index is 0.128. The van der Waals surface area contributed by atoms with Gasteiger partial charge in [-0.25, -0.2) is 4.79 Å². The monoisotopic (exact) mass is 290 g/mol. The Morgan fingerprint density at radius 2 is 1.86 bits per heavy atom. The van der Waals surface area contributed by atoms with Crippen LogP contribution in [-0.4, -0.2) is 35.8 Å². The van der Waals surface area contributed by atoms with Gasteiger partial charge in [-0.1, -0.05) is 13.8 Å². The minimum atomic E-state index is -0.913. The molecule has 0 aliphatic carbocycles. The third-order valence-corrected chi connectivity index (χ3v) is 3.42. The van der Waals surface area contributed by atoms with Gasteiger partial charge in [0.1, 0.15) is 6.04 Å². The van der Waals surface area contributed by atoms with Crippen LogP contribution < -0.4 is 5.73 Å². The number of nitrogen functional groups attached to an aromatic ring is 1. The number of esters is 1. The van der Waals surface area contributed by atoms with Crippen LogP contribution in [0.25, 0.3) is 0 Å². The van der Waals surface area contributed by atoms with Gasteiger partial charge in [0.25, 0.3) is 11.8 Å². The number of rotatable bonds is 4. The number of ether oxygens (including phenoxy) is 1. The van der Waals surface area contributed by atoms with Crippen LogP contribution in [0.1, 0.15) is 41.0 Å². The van der Waals surface area contributed by atoms with Gasteiger partial charge in [-0.3, -0.25) is 14.5 Å². The summed E-state index contributed by atoms with van der Waals surface area (Å²) < 4.78 is 4.74. The molecule has 1 aliphatic rings. The highest BCUT2D eigenvalue weighted by molar-refractivity contribution is 6.23. The third-order valence-electron chi connectivity index (χ3n) is 3.42. The molecule has 6 heteroatoms. The summed E-state index contributed by atoms with van der Waals surface area (Å²) in [6.45, 7) is 3.82. The fraction of sp³-hybridized carbons (Fsp3) is 0.400. The van der Waals surface area contributed by atoms with Gasteiger partial charge in [-0.05, 0) is 30.5 Å².